The number of nitro benzene ring substituents is 1. The highest BCUT2D eigenvalue weighted by Gasteiger charge is 2.47. The lowest BCUT2D eigenvalue weighted by atomic mass is 9.95. The second-order valence-corrected chi connectivity index (χ2v) is 12.5. The normalized spacial score (nSPS) is 14.8. The molecule has 1 unspecified atom stereocenters. The van der Waals surface area contributed by atoms with Crippen LogP contribution < -0.4 is 9.64 Å². The third-order valence-electron chi connectivity index (χ3n) is 7.66. The summed E-state index contributed by atoms with van der Waals surface area (Å²) in [6.45, 7) is 0. The Kier molecular flexibility index (Phi) is 7.47. The summed E-state index contributed by atoms with van der Waals surface area (Å²) in [5.74, 6) is -1.48. The number of ketones is 1. The number of para-hydroxylation sites is 1. The summed E-state index contributed by atoms with van der Waals surface area (Å²) in [5.41, 5.74) is 1.36. The molecule has 2 aromatic heterocycles. The Morgan fingerprint density at radius 3 is 2.57 bits per heavy atom. The first-order chi connectivity index (χ1) is 22.3. The molecule has 1 aliphatic heterocycles. The minimum absolute atomic E-state index is 0.119. The van der Waals surface area contributed by atoms with Crippen molar-refractivity contribution in [1.82, 2.24) is 10.2 Å². The zero-order valence-electron chi connectivity index (χ0n) is 23.9. The van der Waals surface area contributed by atoms with Crippen molar-refractivity contribution in [2.24, 2.45) is 0 Å². The number of nitrogens with zero attached hydrogens (tertiary/aromatic N) is 4. The van der Waals surface area contributed by atoms with Crippen LogP contribution in [-0.4, -0.2) is 39.0 Å². The van der Waals surface area contributed by atoms with Gasteiger partial charge in [-0.3, -0.25) is 24.6 Å². The van der Waals surface area contributed by atoms with Gasteiger partial charge in [-0.1, -0.05) is 77.7 Å². The Morgan fingerprint density at radius 2 is 1.78 bits per heavy atom. The maximum absolute atomic E-state index is 14.0. The van der Waals surface area contributed by atoms with E-state index in [1.54, 1.807) is 18.2 Å². The smallest absolute Gasteiger partial charge is 0.296 e. The summed E-state index contributed by atoms with van der Waals surface area (Å²) < 4.78 is 11.8. The Bertz CT molecular complexity index is 2200. The molecule has 0 spiro atoms. The Hall–Kier alpha value is -5.53. The van der Waals surface area contributed by atoms with E-state index in [-0.39, 0.29) is 22.2 Å². The lowest BCUT2D eigenvalue weighted by molar-refractivity contribution is -0.384. The van der Waals surface area contributed by atoms with Crippen LogP contribution in [0.2, 0.25) is 0 Å². The molecule has 6 aromatic rings. The van der Waals surface area contributed by atoms with Crippen LogP contribution in [0.15, 0.2) is 111 Å². The van der Waals surface area contributed by atoms with E-state index in [9.17, 15) is 24.8 Å². The number of rotatable bonds is 9. The third kappa shape index (κ3) is 5.04. The molecule has 7 rings (SSSR count). The predicted octanol–water partition coefficient (Wildman–Crippen LogP) is 7.43. The van der Waals surface area contributed by atoms with Crippen LogP contribution in [0, 0.1) is 10.1 Å². The van der Waals surface area contributed by atoms with Crippen LogP contribution in [0.5, 0.6) is 5.75 Å². The molecule has 1 amide bonds. The summed E-state index contributed by atoms with van der Waals surface area (Å²) in [7, 11) is 1.47. The fraction of sp³-hybridized carbons (Fsp3) is 0.0909. The minimum atomic E-state index is -1.17. The lowest BCUT2D eigenvalue weighted by Gasteiger charge is -2.23. The molecule has 1 N–H and O–H groups in total. The van der Waals surface area contributed by atoms with Gasteiger partial charge in [0.1, 0.15) is 0 Å². The highest BCUT2D eigenvalue weighted by atomic mass is 32.2. The molecule has 0 aliphatic carbocycles. The topological polar surface area (TPSA) is 149 Å². The zero-order valence-corrected chi connectivity index (χ0v) is 25.6. The van der Waals surface area contributed by atoms with E-state index in [1.807, 2.05) is 36.4 Å². The number of furan rings is 1. The SMILES string of the molecule is COc1cccc2cc(C(=O)C3=C(O)C(=O)N(c4nnc(SCc5cccc6ccccc56)s4)C3c3ccc([N+](=O)[O-])cc3)oc12. The number of thioether (sulfide) groups is 1. The fourth-order valence-corrected chi connectivity index (χ4v) is 7.36. The number of amides is 1. The van der Waals surface area contributed by atoms with Gasteiger partial charge in [-0.25, -0.2) is 0 Å². The maximum Gasteiger partial charge on any atom is 0.296 e. The van der Waals surface area contributed by atoms with Gasteiger partial charge in [-0.05, 0) is 46.2 Å². The van der Waals surface area contributed by atoms with Crippen molar-refractivity contribution in [2.45, 2.75) is 16.1 Å². The molecule has 228 valence electrons. The third-order valence-corrected chi connectivity index (χ3v) is 9.76. The molecule has 0 saturated carbocycles. The van der Waals surface area contributed by atoms with Crippen LogP contribution in [0.25, 0.3) is 21.7 Å². The van der Waals surface area contributed by atoms with Crippen molar-refractivity contribution in [2.75, 3.05) is 12.0 Å². The highest BCUT2D eigenvalue weighted by Crippen LogP contribution is 2.45. The Labute approximate surface area is 268 Å². The second kappa shape index (κ2) is 11.8. The van der Waals surface area contributed by atoms with Gasteiger partial charge in [-0.2, -0.15) is 0 Å². The van der Waals surface area contributed by atoms with Gasteiger partial charge in [0.25, 0.3) is 11.6 Å². The number of carbonyl (C=O) groups excluding carboxylic acids is 2. The number of nitro groups is 1. The molecule has 4 aromatic carbocycles. The van der Waals surface area contributed by atoms with Gasteiger partial charge < -0.3 is 14.3 Å². The number of hydrogen-bond acceptors (Lipinski definition) is 11. The summed E-state index contributed by atoms with van der Waals surface area (Å²) in [5, 5.41) is 34.1. The Morgan fingerprint density at radius 1 is 1.04 bits per heavy atom. The molecule has 0 radical (unpaired) electrons. The molecular formula is C33H22N4O7S2. The fourth-order valence-electron chi connectivity index (χ4n) is 5.49. The monoisotopic (exact) mass is 650 g/mol. The average Bonchev–Trinajstić information content (AvgIpc) is 3.80. The summed E-state index contributed by atoms with van der Waals surface area (Å²) in [6.07, 6.45) is 0. The van der Waals surface area contributed by atoms with Gasteiger partial charge in [-0.15, -0.1) is 10.2 Å². The summed E-state index contributed by atoms with van der Waals surface area (Å²) >= 11 is 2.58. The van der Waals surface area contributed by atoms with E-state index in [0.717, 1.165) is 27.7 Å². The molecule has 0 bridgehead atoms. The first-order valence-corrected chi connectivity index (χ1v) is 15.7. The molecule has 11 nitrogen and oxygen atoms in total. The number of hydrogen-bond donors (Lipinski definition) is 1. The molecule has 1 aliphatic rings. The van der Waals surface area contributed by atoms with Crippen LogP contribution >= 0.6 is 23.1 Å². The number of anilines is 1. The first kappa shape index (κ1) is 29.2. The number of ether oxygens (including phenoxy) is 1. The van der Waals surface area contributed by atoms with Gasteiger partial charge >= 0.3 is 0 Å². The largest absolute Gasteiger partial charge is 0.503 e. The summed E-state index contributed by atoms with van der Waals surface area (Å²) in [4.78, 5) is 39.7. The number of non-ortho nitro benzene ring substituents is 1. The van der Waals surface area contributed by atoms with Gasteiger partial charge in [0.15, 0.2) is 27.2 Å². The van der Waals surface area contributed by atoms with Gasteiger partial charge in [0.2, 0.25) is 10.9 Å². The minimum Gasteiger partial charge on any atom is -0.503 e. The van der Waals surface area contributed by atoms with Crippen molar-refractivity contribution in [3.05, 3.63) is 129 Å². The van der Waals surface area contributed by atoms with E-state index in [2.05, 4.69) is 16.3 Å². The van der Waals surface area contributed by atoms with E-state index >= 15 is 0 Å². The molecular weight excluding hydrogens is 629 g/mol. The number of aliphatic hydroxyl groups excluding tert-OH is 1. The molecule has 46 heavy (non-hydrogen) atoms. The number of benzene rings is 4. The molecule has 3 heterocycles. The number of aliphatic hydroxyl groups is 1. The molecule has 0 saturated heterocycles. The Balaban J connectivity index is 1.25. The number of Topliss-reactive ketones (excluding diaryl/α,β-unsaturated/α-hetero) is 1. The van der Waals surface area contributed by atoms with Crippen LogP contribution in [0.4, 0.5) is 10.8 Å². The number of carbonyl (C=O) groups is 2. The van der Waals surface area contributed by atoms with E-state index in [1.165, 1.54) is 54.1 Å². The van der Waals surface area contributed by atoms with Crippen molar-refractivity contribution in [3.63, 3.8) is 0 Å². The van der Waals surface area contributed by atoms with Crippen LogP contribution in [0.3, 0.4) is 0 Å². The van der Waals surface area contributed by atoms with Crippen molar-refractivity contribution >= 4 is 67.3 Å². The molecule has 1 atom stereocenters. The van der Waals surface area contributed by atoms with Gasteiger partial charge in [0.05, 0.1) is 23.6 Å². The van der Waals surface area contributed by atoms with E-state index in [0.29, 0.717) is 32.4 Å². The maximum atomic E-state index is 14.0. The predicted molar refractivity (Wildman–Crippen MR) is 173 cm³/mol. The number of methoxy groups -OCH3 is 1. The van der Waals surface area contributed by atoms with Crippen LogP contribution in [-0.2, 0) is 10.5 Å². The van der Waals surface area contributed by atoms with Crippen molar-refractivity contribution in [3.8, 4) is 5.75 Å². The zero-order chi connectivity index (χ0) is 31.9. The number of aromatic nitrogens is 2. The average molecular weight is 651 g/mol. The lowest BCUT2D eigenvalue weighted by Crippen LogP contribution is -2.31. The number of fused-ring (bicyclic) bond motifs is 2. The standard InChI is InChI=1S/C33H22N4O7S2/c1-43-24-11-5-8-20-16-25(44-30(20)24)28(38)26-27(19-12-14-22(15-13-19)37(41)42)36(31(40)29(26)39)32-34-35-33(46-32)45-17-21-9-4-7-18-6-2-3-10-23(18)21/h2-16,27,39H,17H2,1H3. The summed E-state index contributed by atoms with van der Waals surface area (Å²) in [6, 6.07) is 25.1. The molecule has 0 fully saturated rings. The van der Waals surface area contributed by atoms with E-state index in [4.69, 9.17) is 9.15 Å². The molecule has 13 heteroatoms. The van der Waals surface area contributed by atoms with Crippen molar-refractivity contribution in [1.29, 1.82) is 0 Å². The van der Waals surface area contributed by atoms with Gasteiger partial charge in [0, 0.05) is 23.3 Å². The second-order valence-electron chi connectivity index (χ2n) is 10.3. The quantitative estimate of drug-likeness (QED) is 0.0550. The highest BCUT2D eigenvalue weighted by molar-refractivity contribution is 8.00. The van der Waals surface area contributed by atoms with Crippen LogP contribution in [0.1, 0.15) is 27.7 Å². The first-order valence-electron chi connectivity index (χ1n) is 13.9. The van der Waals surface area contributed by atoms with Crippen molar-refractivity contribution < 1.29 is 28.8 Å². The van der Waals surface area contributed by atoms with E-state index < -0.39 is 28.4 Å².